The van der Waals surface area contributed by atoms with Crippen molar-refractivity contribution in [2.75, 3.05) is 33.9 Å². The molecule has 0 fully saturated rings. The number of rotatable bonds is 11. The van der Waals surface area contributed by atoms with Crippen LogP contribution in [0.4, 0.5) is 4.79 Å². The summed E-state index contributed by atoms with van der Waals surface area (Å²) in [5, 5.41) is 0. The molecule has 0 N–H and O–H groups in total. The second-order valence-electron chi connectivity index (χ2n) is 10.7. The summed E-state index contributed by atoms with van der Waals surface area (Å²) in [6.07, 6.45) is 0.797. The number of hydrogen-bond donors (Lipinski definition) is 0. The molecule has 214 valence electrons. The van der Waals surface area contributed by atoms with Crippen molar-refractivity contribution in [1.29, 1.82) is 0 Å². The van der Waals surface area contributed by atoms with Gasteiger partial charge in [-0.1, -0.05) is 54.6 Å². The summed E-state index contributed by atoms with van der Waals surface area (Å²) in [5.41, 5.74) is 3.54. The number of methoxy groups -OCH3 is 1. The van der Waals surface area contributed by atoms with Gasteiger partial charge >= 0.3 is 18.0 Å². The Morgan fingerprint density at radius 2 is 1.55 bits per heavy atom. The van der Waals surface area contributed by atoms with Crippen LogP contribution in [-0.2, 0) is 28.6 Å². The van der Waals surface area contributed by atoms with Crippen molar-refractivity contribution in [1.82, 2.24) is 9.80 Å². The van der Waals surface area contributed by atoms with E-state index < -0.39 is 42.0 Å². The largest absolute Gasteiger partial charge is 0.469 e. The van der Waals surface area contributed by atoms with E-state index in [4.69, 9.17) is 14.2 Å². The van der Waals surface area contributed by atoms with Gasteiger partial charge in [-0.15, -0.1) is 6.58 Å². The number of hydrogen-bond acceptors (Lipinski definition) is 7. The third kappa shape index (κ3) is 7.49. The number of carbonyl (C=O) groups excluding carboxylic acids is 4. The van der Waals surface area contributed by atoms with E-state index >= 15 is 0 Å². The molecule has 0 saturated heterocycles. The molecule has 9 heteroatoms. The van der Waals surface area contributed by atoms with Crippen LogP contribution in [0.15, 0.2) is 61.2 Å². The van der Waals surface area contributed by atoms with Gasteiger partial charge in [-0.25, -0.2) is 4.79 Å². The molecule has 0 radical (unpaired) electrons. The zero-order valence-electron chi connectivity index (χ0n) is 23.8. The van der Waals surface area contributed by atoms with Crippen molar-refractivity contribution >= 4 is 23.9 Å². The van der Waals surface area contributed by atoms with E-state index in [0.29, 0.717) is 6.42 Å². The minimum Gasteiger partial charge on any atom is -0.469 e. The highest BCUT2D eigenvalue weighted by molar-refractivity contribution is 5.91. The number of amides is 2. The fourth-order valence-electron chi connectivity index (χ4n) is 4.75. The Kier molecular flexibility index (Phi) is 10.1. The van der Waals surface area contributed by atoms with E-state index in [0.717, 1.165) is 27.2 Å². The average Bonchev–Trinajstić information content (AvgIpc) is 3.23. The van der Waals surface area contributed by atoms with Crippen molar-refractivity contribution in [3.8, 4) is 11.1 Å². The lowest BCUT2D eigenvalue weighted by atomic mass is 9.98. The van der Waals surface area contributed by atoms with Gasteiger partial charge in [0.05, 0.1) is 13.5 Å². The second-order valence-corrected chi connectivity index (χ2v) is 10.7. The van der Waals surface area contributed by atoms with Crippen LogP contribution < -0.4 is 0 Å². The van der Waals surface area contributed by atoms with Crippen molar-refractivity contribution in [3.63, 3.8) is 0 Å². The van der Waals surface area contributed by atoms with E-state index in [1.807, 2.05) is 48.5 Å². The molecule has 1 aliphatic carbocycles. The molecular formula is C31H38N2O7. The van der Waals surface area contributed by atoms with Crippen molar-refractivity contribution < 1.29 is 33.4 Å². The third-order valence-electron chi connectivity index (χ3n) is 6.56. The smallest absolute Gasteiger partial charge is 0.410 e. The van der Waals surface area contributed by atoms with E-state index in [1.54, 1.807) is 26.8 Å². The summed E-state index contributed by atoms with van der Waals surface area (Å²) in [5.74, 6) is -2.09. The predicted octanol–water partition coefficient (Wildman–Crippen LogP) is 4.55. The van der Waals surface area contributed by atoms with Crippen LogP contribution >= 0.6 is 0 Å². The zero-order chi connectivity index (χ0) is 29.4. The maximum Gasteiger partial charge on any atom is 0.410 e. The van der Waals surface area contributed by atoms with Crippen molar-refractivity contribution in [2.24, 2.45) is 0 Å². The van der Waals surface area contributed by atoms with E-state index in [-0.39, 0.29) is 25.6 Å². The molecule has 1 aliphatic rings. The van der Waals surface area contributed by atoms with E-state index in [2.05, 4.69) is 6.58 Å². The molecular weight excluding hydrogens is 512 g/mol. The van der Waals surface area contributed by atoms with Crippen LogP contribution in [0.2, 0.25) is 0 Å². The molecule has 2 amide bonds. The van der Waals surface area contributed by atoms with Gasteiger partial charge in [0.15, 0.2) is 0 Å². The fourth-order valence-corrected chi connectivity index (χ4v) is 4.75. The average molecular weight is 551 g/mol. The van der Waals surface area contributed by atoms with Crippen LogP contribution in [0.25, 0.3) is 11.1 Å². The molecule has 1 atom stereocenters. The van der Waals surface area contributed by atoms with Gasteiger partial charge in [0.2, 0.25) is 5.91 Å². The molecule has 2 aromatic carbocycles. The highest BCUT2D eigenvalue weighted by Crippen LogP contribution is 2.44. The lowest BCUT2D eigenvalue weighted by Crippen LogP contribution is -2.52. The van der Waals surface area contributed by atoms with Gasteiger partial charge in [0.25, 0.3) is 0 Å². The third-order valence-corrected chi connectivity index (χ3v) is 6.56. The first-order valence-corrected chi connectivity index (χ1v) is 13.2. The molecule has 0 saturated carbocycles. The van der Waals surface area contributed by atoms with Crippen LogP contribution in [-0.4, -0.2) is 79.2 Å². The molecule has 0 aromatic heterocycles. The zero-order valence-corrected chi connectivity index (χ0v) is 23.8. The summed E-state index contributed by atoms with van der Waals surface area (Å²) in [6.45, 7) is 8.65. The molecule has 9 nitrogen and oxygen atoms in total. The summed E-state index contributed by atoms with van der Waals surface area (Å²) in [6, 6.07) is 14.7. The van der Waals surface area contributed by atoms with Gasteiger partial charge in [0.1, 0.15) is 24.8 Å². The minimum atomic E-state index is -1.25. The standard InChI is InChI=1S/C31H38N2O7/c1-7-8-17-33(26(18-27(34)38-6)29(36)32(5)19-28(35)40-31(2,3)4)30(37)39-20-25-23-15-11-9-13-21(23)22-14-10-12-16-24(22)25/h7,9-16,25-26H,1,8,17-20H2,2-6H3/t26-/m0/s1. The number of benzene rings is 2. The Labute approximate surface area is 235 Å². The normalized spacial score (nSPS) is 12.9. The number of nitrogens with zero attached hydrogens (tertiary/aromatic N) is 2. The Morgan fingerprint density at radius 1 is 0.975 bits per heavy atom. The first kappa shape index (κ1) is 30.4. The van der Waals surface area contributed by atoms with Crippen molar-refractivity contribution in [2.45, 2.75) is 51.2 Å². The molecule has 2 aromatic rings. The first-order valence-electron chi connectivity index (χ1n) is 13.2. The Balaban J connectivity index is 1.83. The highest BCUT2D eigenvalue weighted by Gasteiger charge is 2.37. The fraction of sp³-hybridized carbons (Fsp3) is 0.419. The first-order chi connectivity index (χ1) is 19.0. The minimum absolute atomic E-state index is 0.0460. The lowest BCUT2D eigenvalue weighted by Gasteiger charge is -2.32. The van der Waals surface area contributed by atoms with E-state index in [1.165, 1.54) is 19.1 Å². The summed E-state index contributed by atoms with van der Waals surface area (Å²) in [7, 11) is 2.62. The molecule has 3 rings (SSSR count). The van der Waals surface area contributed by atoms with Crippen LogP contribution in [0.1, 0.15) is 50.7 Å². The maximum absolute atomic E-state index is 13.5. The van der Waals surface area contributed by atoms with Gasteiger partial charge in [0, 0.05) is 19.5 Å². The predicted molar refractivity (Wildman–Crippen MR) is 150 cm³/mol. The van der Waals surface area contributed by atoms with Crippen LogP contribution in [0, 0.1) is 0 Å². The Hall–Kier alpha value is -4.14. The Morgan fingerprint density at radius 3 is 2.08 bits per heavy atom. The summed E-state index contributed by atoms with van der Waals surface area (Å²) >= 11 is 0. The molecule has 0 heterocycles. The molecule has 40 heavy (non-hydrogen) atoms. The van der Waals surface area contributed by atoms with Crippen LogP contribution in [0.3, 0.4) is 0 Å². The Bertz CT molecular complexity index is 1200. The van der Waals surface area contributed by atoms with E-state index in [9.17, 15) is 19.2 Å². The van der Waals surface area contributed by atoms with Crippen molar-refractivity contribution in [3.05, 3.63) is 72.3 Å². The monoisotopic (exact) mass is 550 g/mol. The second kappa shape index (κ2) is 13.3. The SMILES string of the molecule is C=CCCN(C(=O)OCC1c2ccccc2-c2ccccc21)[C@@H](CC(=O)OC)C(=O)N(C)CC(=O)OC(C)(C)C. The molecule has 0 bridgehead atoms. The number of carbonyl (C=O) groups is 4. The molecule has 0 aliphatic heterocycles. The van der Waals surface area contributed by atoms with Gasteiger partial charge in [-0.2, -0.15) is 0 Å². The summed E-state index contributed by atoms with van der Waals surface area (Å²) < 4.78 is 15.9. The number of likely N-dealkylation sites (N-methyl/N-ethyl adjacent to an activating group) is 1. The van der Waals surface area contributed by atoms with Crippen LogP contribution in [0.5, 0.6) is 0 Å². The number of fused-ring (bicyclic) bond motifs is 3. The highest BCUT2D eigenvalue weighted by atomic mass is 16.6. The number of esters is 2. The number of ether oxygens (including phenoxy) is 3. The topological polar surface area (TPSA) is 102 Å². The lowest BCUT2D eigenvalue weighted by molar-refractivity contribution is -0.159. The summed E-state index contributed by atoms with van der Waals surface area (Å²) in [4.78, 5) is 54.1. The van der Waals surface area contributed by atoms with Gasteiger partial charge < -0.3 is 19.1 Å². The molecule has 0 spiro atoms. The van der Waals surface area contributed by atoms with Gasteiger partial charge in [-0.05, 0) is 49.4 Å². The maximum atomic E-state index is 13.5. The molecule has 0 unspecified atom stereocenters. The van der Waals surface area contributed by atoms with Gasteiger partial charge in [-0.3, -0.25) is 19.3 Å². The quantitative estimate of drug-likeness (QED) is 0.230.